The van der Waals surface area contributed by atoms with Crippen LogP contribution in [0, 0.1) is 0 Å². The van der Waals surface area contributed by atoms with E-state index in [4.69, 9.17) is 0 Å². The molecule has 1 N–H and O–H groups in total. The number of rotatable bonds is 3. The fraction of sp³-hybridized carbons (Fsp3) is 0.333. The van der Waals surface area contributed by atoms with Crippen molar-refractivity contribution < 1.29 is 23.4 Å². The van der Waals surface area contributed by atoms with E-state index in [2.05, 4.69) is 25.7 Å². The van der Waals surface area contributed by atoms with E-state index in [9.17, 15) is 18.7 Å². The van der Waals surface area contributed by atoms with Crippen LogP contribution in [0.5, 0.6) is 5.75 Å². The highest BCUT2D eigenvalue weighted by atomic mass is 79.9. The molecule has 1 aromatic rings. The summed E-state index contributed by atoms with van der Waals surface area (Å²) in [5.41, 5.74) is -1.18. The van der Waals surface area contributed by atoms with E-state index < -0.39 is 29.4 Å². The zero-order chi connectivity index (χ0) is 12.3. The molecule has 1 aromatic heterocycles. The van der Waals surface area contributed by atoms with Crippen molar-refractivity contribution in [1.82, 2.24) is 4.98 Å². The first-order valence-electron chi connectivity index (χ1n) is 4.31. The first-order chi connectivity index (χ1) is 7.49. The van der Waals surface area contributed by atoms with Gasteiger partial charge >= 0.3 is 5.97 Å². The van der Waals surface area contributed by atoms with E-state index >= 15 is 0 Å². The number of ether oxygens (including phenoxy) is 1. The molecule has 0 fully saturated rings. The largest absolute Gasteiger partial charge is 0.505 e. The molecule has 0 unspecified atom stereocenters. The molecule has 0 atom stereocenters. The van der Waals surface area contributed by atoms with Crippen LogP contribution in [0.3, 0.4) is 0 Å². The molecule has 0 aromatic carbocycles. The lowest BCUT2D eigenvalue weighted by atomic mass is 10.2. The standard InChI is InChI=1S/C9H8BrF2NO3/c1-2-16-9(15)6-7(14)5(8(11)12)4(10)3-13-6/h3,8,14H,2H2,1H3. The number of hydrogen-bond acceptors (Lipinski definition) is 4. The molecule has 1 rings (SSSR count). The lowest BCUT2D eigenvalue weighted by Gasteiger charge is -2.09. The third-order valence-corrected chi connectivity index (χ3v) is 2.36. The number of esters is 1. The summed E-state index contributed by atoms with van der Waals surface area (Å²) >= 11 is 2.82. The number of aromatic nitrogens is 1. The summed E-state index contributed by atoms with van der Waals surface area (Å²) in [6, 6.07) is 0. The molecule has 4 nitrogen and oxygen atoms in total. The molecule has 0 saturated heterocycles. The van der Waals surface area contributed by atoms with Gasteiger partial charge in [-0.3, -0.25) is 0 Å². The van der Waals surface area contributed by atoms with Crippen molar-refractivity contribution in [2.24, 2.45) is 0 Å². The lowest BCUT2D eigenvalue weighted by molar-refractivity contribution is 0.0514. The number of aromatic hydroxyl groups is 1. The van der Waals surface area contributed by atoms with E-state index in [1.165, 1.54) is 0 Å². The molecular weight excluding hydrogens is 288 g/mol. The van der Waals surface area contributed by atoms with Gasteiger partial charge in [0.1, 0.15) is 0 Å². The maximum atomic E-state index is 12.5. The maximum absolute atomic E-state index is 12.5. The van der Waals surface area contributed by atoms with Gasteiger partial charge in [-0.1, -0.05) is 0 Å². The molecule has 16 heavy (non-hydrogen) atoms. The Bertz CT molecular complexity index is 412. The predicted octanol–water partition coefficient (Wildman–Crippen LogP) is 2.66. The zero-order valence-corrected chi connectivity index (χ0v) is 9.79. The monoisotopic (exact) mass is 295 g/mol. The fourth-order valence-electron chi connectivity index (χ4n) is 1.05. The molecule has 0 saturated carbocycles. The molecule has 0 radical (unpaired) electrons. The van der Waals surface area contributed by atoms with Gasteiger partial charge in [-0.15, -0.1) is 0 Å². The Morgan fingerprint density at radius 2 is 2.31 bits per heavy atom. The van der Waals surface area contributed by atoms with Gasteiger partial charge in [-0.05, 0) is 22.9 Å². The van der Waals surface area contributed by atoms with Crippen molar-refractivity contribution in [2.75, 3.05) is 6.61 Å². The van der Waals surface area contributed by atoms with Gasteiger partial charge < -0.3 is 9.84 Å². The molecule has 88 valence electrons. The summed E-state index contributed by atoms with van der Waals surface area (Å²) in [5.74, 6) is -1.79. The van der Waals surface area contributed by atoms with Crippen LogP contribution in [-0.4, -0.2) is 22.7 Å². The highest BCUT2D eigenvalue weighted by Gasteiger charge is 2.24. The van der Waals surface area contributed by atoms with Crippen LogP contribution in [0.25, 0.3) is 0 Å². The Labute approximate surface area is 98.4 Å². The summed E-state index contributed by atoms with van der Waals surface area (Å²) in [6.45, 7) is 1.63. The fourth-order valence-corrected chi connectivity index (χ4v) is 1.51. The van der Waals surface area contributed by atoms with E-state index in [0.29, 0.717) is 0 Å². The van der Waals surface area contributed by atoms with E-state index in [1.54, 1.807) is 6.92 Å². The molecule has 0 aliphatic rings. The molecule has 0 amide bonds. The Morgan fingerprint density at radius 1 is 1.69 bits per heavy atom. The van der Waals surface area contributed by atoms with Gasteiger partial charge in [-0.2, -0.15) is 0 Å². The van der Waals surface area contributed by atoms with Gasteiger partial charge in [0.25, 0.3) is 6.43 Å². The van der Waals surface area contributed by atoms with Crippen molar-refractivity contribution in [3.63, 3.8) is 0 Å². The number of hydrogen-bond donors (Lipinski definition) is 1. The minimum absolute atomic E-state index is 0.0620. The summed E-state index contributed by atoms with van der Waals surface area (Å²) in [6.07, 6.45) is -1.89. The average Bonchev–Trinajstić information content (AvgIpc) is 2.17. The Kier molecular flexibility index (Phi) is 4.17. The second kappa shape index (κ2) is 5.20. The first kappa shape index (κ1) is 12.8. The van der Waals surface area contributed by atoms with Crippen molar-refractivity contribution in [1.29, 1.82) is 0 Å². The Morgan fingerprint density at radius 3 is 2.81 bits per heavy atom. The van der Waals surface area contributed by atoms with Gasteiger partial charge in [0.05, 0.1) is 12.2 Å². The molecule has 7 heteroatoms. The summed E-state index contributed by atoms with van der Waals surface area (Å²) < 4.78 is 29.6. The Hall–Kier alpha value is -1.24. The van der Waals surface area contributed by atoms with Crippen molar-refractivity contribution >= 4 is 21.9 Å². The summed E-state index contributed by atoms with van der Waals surface area (Å²) in [4.78, 5) is 14.8. The highest BCUT2D eigenvalue weighted by Crippen LogP contribution is 2.36. The van der Waals surface area contributed by atoms with E-state index in [-0.39, 0.29) is 11.1 Å². The van der Waals surface area contributed by atoms with Gasteiger partial charge in [0, 0.05) is 10.7 Å². The molecule has 0 bridgehead atoms. The van der Waals surface area contributed by atoms with Gasteiger partial charge in [-0.25, -0.2) is 18.6 Å². The average molecular weight is 296 g/mol. The quantitative estimate of drug-likeness (QED) is 0.871. The highest BCUT2D eigenvalue weighted by molar-refractivity contribution is 9.10. The topological polar surface area (TPSA) is 59.4 Å². The minimum atomic E-state index is -2.91. The molecule has 0 spiro atoms. The predicted molar refractivity (Wildman–Crippen MR) is 54.5 cm³/mol. The number of halogens is 3. The number of nitrogens with zero attached hydrogens (tertiary/aromatic N) is 1. The molecule has 0 aliphatic carbocycles. The van der Waals surface area contributed by atoms with Crippen LogP contribution in [0.1, 0.15) is 29.4 Å². The number of alkyl halides is 2. The van der Waals surface area contributed by atoms with Crippen LogP contribution in [0.15, 0.2) is 10.7 Å². The minimum Gasteiger partial charge on any atom is -0.505 e. The summed E-state index contributed by atoms with van der Waals surface area (Å²) in [7, 11) is 0. The van der Waals surface area contributed by atoms with Crippen LogP contribution >= 0.6 is 15.9 Å². The maximum Gasteiger partial charge on any atom is 0.360 e. The van der Waals surface area contributed by atoms with Crippen molar-refractivity contribution in [2.45, 2.75) is 13.3 Å². The second-order valence-electron chi connectivity index (χ2n) is 2.74. The van der Waals surface area contributed by atoms with Crippen LogP contribution < -0.4 is 0 Å². The normalized spacial score (nSPS) is 10.6. The molecule has 1 heterocycles. The number of pyridine rings is 1. The van der Waals surface area contributed by atoms with Crippen LogP contribution in [-0.2, 0) is 4.74 Å². The van der Waals surface area contributed by atoms with Crippen LogP contribution in [0.2, 0.25) is 0 Å². The van der Waals surface area contributed by atoms with Crippen molar-refractivity contribution in [3.05, 3.63) is 21.9 Å². The third kappa shape index (κ3) is 2.46. The second-order valence-corrected chi connectivity index (χ2v) is 3.59. The van der Waals surface area contributed by atoms with Gasteiger partial charge in [0.2, 0.25) is 0 Å². The molecule has 0 aliphatic heterocycles. The SMILES string of the molecule is CCOC(=O)c1ncc(Br)c(C(F)F)c1O. The van der Waals surface area contributed by atoms with Gasteiger partial charge in [0.15, 0.2) is 11.4 Å². The van der Waals surface area contributed by atoms with Crippen molar-refractivity contribution in [3.8, 4) is 5.75 Å². The Balaban J connectivity index is 3.23. The first-order valence-corrected chi connectivity index (χ1v) is 5.11. The lowest BCUT2D eigenvalue weighted by Crippen LogP contribution is -2.09. The zero-order valence-electron chi connectivity index (χ0n) is 8.21. The molecular formula is C9H8BrF2NO3. The number of carbonyl (C=O) groups is 1. The van der Waals surface area contributed by atoms with Crippen LogP contribution in [0.4, 0.5) is 8.78 Å². The van der Waals surface area contributed by atoms with E-state index in [1.807, 2.05) is 0 Å². The third-order valence-electron chi connectivity index (χ3n) is 1.73. The smallest absolute Gasteiger partial charge is 0.360 e. The summed E-state index contributed by atoms with van der Waals surface area (Å²) in [5, 5.41) is 9.46. The van der Waals surface area contributed by atoms with E-state index in [0.717, 1.165) is 6.20 Å². The number of carbonyl (C=O) groups excluding carboxylic acids is 1.